The molecule has 3 aromatic carbocycles. The summed E-state index contributed by atoms with van der Waals surface area (Å²) in [6, 6.07) is 24.4. The average molecular weight is 487 g/mol. The summed E-state index contributed by atoms with van der Waals surface area (Å²) in [5.74, 6) is 1.65. The summed E-state index contributed by atoms with van der Waals surface area (Å²) in [5.41, 5.74) is 5.39. The number of benzene rings is 3. The van der Waals surface area contributed by atoms with Gasteiger partial charge in [-0.25, -0.2) is 4.39 Å². The van der Waals surface area contributed by atoms with Gasteiger partial charge in [-0.2, -0.15) is 0 Å². The normalized spacial score (nSPS) is 17.5. The SMILES string of the molecule is Fc1ccc(CN2CCCc3ccc(OCCCC4CCN(Cc5ccccc5)CC4)cc3C2)cc1. The van der Waals surface area contributed by atoms with Crippen LogP contribution in [-0.2, 0) is 26.1 Å². The van der Waals surface area contributed by atoms with Crippen molar-refractivity contribution in [1.82, 2.24) is 9.80 Å². The molecular formula is C32H39FN2O. The van der Waals surface area contributed by atoms with E-state index in [0.29, 0.717) is 0 Å². The van der Waals surface area contributed by atoms with E-state index in [1.165, 1.54) is 49.0 Å². The maximum atomic E-state index is 13.3. The van der Waals surface area contributed by atoms with Crippen LogP contribution in [0.1, 0.15) is 54.4 Å². The van der Waals surface area contributed by atoms with Gasteiger partial charge in [0.25, 0.3) is 0 Å². The van der Waals surface area contributed by atoms with Gasteiger partial charge in [0.2, 0.25) is 0 Å². The van der Waals surface area contributed by atoms with Gasteiger partial charge in [0.15, 0.2) is 0 Å². The Kier molecular flexibility index (Phi) is 8.68. The van der Waals surface area contributed by atoms with Crippen molar-refractivity contribution in [1.29, 1.82) is 0 Å². The van der Waals surface area contributed by atoms with Crippen molar-refractivity contribution in [2.75, 3.05) is 26.2 Å². The Morgan fingerprint density at radius 3 is 2.33 bits per heavy atom. The molecule has 0 bridgehead atoms. The average Bonchev–Trinajstić information content (AvgIpc) is 3.11. The Hall–Kier alpha value is -2.69. The lowest BCUT2D eigenvalue weighted by molar-refractivity contribution is 0.166. The number of hydrogen-bond donors (Lipinski definition) is 0. The Bertz CT molecular complexity index is 1080. The van der Waals surface area contributed by atoms with E-state index in [2.05, 4.69) is 58.3 Å². The Balaban J connectivity index is 1.05. The molecule has 0 atom stereocenters. The van der Waals surface area contributed by atoms with E-state index in [1.807, 2.05) is 12.1 Å². The predicted molar refractivity (Wildman–Crippen MR) is 144 cm³/mol. The van der Waals surface area contributed by atoms with Crippen LogP contribution in [0.4, 0.5) is 4.39 Å². The molecule has 190 valence electrons. The van der Waals surface area contributed by atoms with Gasteiger partial charge in [-0.15, -0.1) is 0 Å². The zero-order valence-corrected chi connectivity index (χ0v) is 21.4. The molecule has 2 heterocycles. The zero-order valence-electron chi connectivity index (χ0n) is 21.4. The van der Waals surface area contributed by atoms with Gasteiger partial charge in [0.1, 0.15) is 11.6 Å². The molecule has 2 aliphatic rings. The maximum absolute atomic E-state index is 13.3. The second-order valence-corrected chi connectivity index (χ2v) is 10.6. The highest BCUT2D eigenvalue weighted by atomic mass is 19.1. The fourth-order valence-electron chi connectivity index (χ4n) is 5.72. The van der Waals surface area contributed by atoms with Crippen molar-refractivity contribution in [2.45, 2.75) is 58.2 Å². The first-order chi connectivity index (χ1) is 17.7. The number of nitrogens with zero attached hydrogens (tertiary/aromatic N) is 2. The summed E-state index contributed by atoms with van der Waals surface area (Å²) < 4.78 is 19.5. The third-order valence-corrected chi connectivity index (χ3v) is 7.79. The summed E-state index contributed by atoms with van der Waals surface area (Å²) in [4.78, 5) is 5.06. The van der Waals surface area contributed by atoms with Crippen LogP contribution in [0.15, 0.2) is 72.8 Å². The van der Waals surface area contributed by atoms with Gasteiger partial charge < -0.3 is 4.74 Å². The minimum atomic E-state index is -0.171. The van der Waals surface area contributed by atoms with Crippen molar-refractivity contribution in [3.63, 3.8) is 0 Å². The summed E-state index contributed by atoms with van der Waals surface area (Å²) in [6.07, 6.45) is 7.24. The first-order valence-electron chi connectivity index (χ1n) is 13.7. The molecular weight excluding hydrogens is 447 g/mol. The molecule has 5 rings (SSSR count). The van der Waals surface area contributed by atoms with Crippen molar-refractivity contribution in [2.24, 2.45) is 5.92 Å². The first-order valence-corrected chi connectivity index (χ1v) is 13.7. The van der Waals surface area contributed by atoms with Gasteiger partial charge >= 0.3 is 0 Å². The molecule has 0 radical (unpaired) electrons. The molecule has 0 saturated carbocycles. The van der Waals surface area contributed by atoms with E-state index in [9.17, 15) is 4.39 Å². The molecule has 36 heavy (non-hydrogen) atoms. The summed E-state index contributed by atoms with van der Waals surface area (Å²) >= 11 is 0. The third-order valence-electron chi connectivity index (χ3n) is 7.79. The molecule has 0 aliphatic carbocycles. The minimum Gasteiger partial charge on any atom is -0.494 e. The second-order valence-electron chi connectivity index (χ2n) is 10.6. The highest BCUT2D eigenvalue weighted by molar-refractivity contribution is 5.36. The van der Waals surface area contributed by atoms with Crippen molar-refractivity contribution in [3.05, 3.63) is 101 Å². The molecule has 0 amide bonds. The number of rotatable bonds is 9. The quantitative estimate of drug-likeness (QED) is 0.308. The fourth-order valence-corrected chi connectivity index (χ4v) is 5.72. The van der Waals surface area contributed by atoms with Crippen LogP contribution < -0.4 is 4.74 Å². The monoisotopic (exact) mass is 486 g/mol. The standard InChI is InChI=1S/C32H39FN2O/c33-31-13-10-28(11-14-31)24-35-18-4-9-29-12-15-32(22-30(29)25-35)36-21-5-8-26-16-19-34(20-17-26)23-27-6-2-1-3-7-27/h1-3,6-7,10-15,22,26H,4-5,8-9,16-21,23-25H2. The molecule has 0 spiro atoms. The van der Waals surface area contributed by atoms with Crippen molar-refractivity contribution >= 4 is 0 Å². The van der Waals surface area contributed by atoms with E-state index in [4.69, 9.17) is 4.74 Å². The molecule has 0 aromatic heterocycles. The number of ether oxygens (including phenoxy) is 1. The molecule has 3 nitrogen and oxygen atoms in total. The molecule has 1 fully saturated rings. The lowest BCUT2D eigenvalue weighted by Crippen LogP contribution is -2.33. The summed E-state index contributed by atoms with van der Waals surface area (Å²) in [6.45, 7) is 7.13. The minimum absolute atomic E-state index is 0.171. The van der Waals surface area contributed by atoms with Crippen LogP contribution in [0.2, 0.25) is 0 Å². The van der Waals surface area contributed by atoms with Gasteiger partial charge in [0, 0.05) is 19.6 Å². The third kappa shape index (κ3) is 7.18. The van der Waals surface area contributed by atoms with E-state index in [0.717, 1.165) is 69.3 Å². The highest BCUT2D eigenvalue weighted by Crippen LogP contribution is 2.26. The van der Waals surface area contributed by atoms with Crippen LogP contribution in [0, 0.1) is 11.7 Å². The zero-order chi connectivity index (χ0) is 24.6. The lowest BCUT2D eigenvalue weighted by Gasteiger charge is -2.32. The maximum Gasteiger partial charge on any atom is 0.123 e. The molecule has 0 N–H and O–H groups in total. The number of likely N-dealkylation sites (tertiary alicyclic amines) is 1. The van der Waals surface area contributed by atoms with Crippen LogP contribution in [0.3, 0.4) is 0 Å². The number of fused-ring (bicyclic) bond motifs is 1. The van der Waals surface area contributed by atoms with E-state index < -0.39 is 0 Å². The van der Waals surface area contributed by atoms with Crippen LogP contribution in [-0.4, -0.2) is 36.0 Å². The molecule has 1 saturated heterocycles. The van der Waals surface area contributed by atoms with Gasteiger partial charge in [-0.05, 0) is 111 Å². The van der Waals surface area contributed by atoms with E-state index in [1.54, 1.807) is 12.1 Å². The number of halogens is 1. The van der Waals surface area contributed by atoms with E-state index in [-0.39, 0.29) is 5.82 Å². The molecule has 4 heteroatoms. The molecule has 2 aliphatic heterocycles. The van der Waals surface area contributed by atoms with E-state index >= 15 is 0 Å². The Morgan fingerprint density at radius 2 is 1.53 bits per heavy atom. The second kappa shape index (κ2) is 12.5. The summed E-state index contributed by atoms with van der Waals surface area (Å²) in [7, 11) is 0. The Morgan fingerprint density at radius 1 is 0.778 bits per heavy atom. The van der Waals surface area contributed by atoms with Crippen LogP contribution in [0.25, 0.3) is 0 Å². The molecule has 0 unspecified atom stereocenters. The number of piperidine rings is 1. The predicted octanol–water partition coefficient (Wildman–Crippen LogP) is 6.85. The van der Waals surface area contributed by atoms with Crippen LogP contribution in [0.5, 0.6) is 5.75 Å². The molecule has 3 aromatic rings. The fraction of sp³-hybridized carbons (Fsp3) is 0.438. The first kappa shape index (κ1) is 25.0. The van der Waals surface area contributed by atoms with Crippen molar-refractivity contribution in [3.8, 4) is 5.75 Å². The smallest absolute Gasteiger partial charge is 0.123 e. The van der Waals surface area contributed by atoms with Crippen LogP contribution >= 0.6 is 0 Å². The van der Waals surface area contributed by atoms with Crippen molar-refractivity contribution < 1.29 is 9.13 Å². The topological polar surface area (TPSA) is 15.7 Å². The van der Waals surface area contributed by atoms with Gasteiger partial charge in [-0.1, -0.05) is 48.5 Å². The van der Waals surface area contributed by atoms with Gasteiger partial charge in [-0.3, -0.25) is 9.80 Å². The lowest BCUT2D eigenvalue weighted by atomic mass is 9.92. The highest BCUT2D eigenvalue weighted by Gasteiger charge is 2.19. The largest absolute Gasteiger partial charge is 0.494 e. The number of aryl methyl sites for hydroxylation is 1. The summed E-state index contributed by atoms with van der Waals surface area (Å²) in [5, 5.41) is 0. The Labute approximate surface area is 215 Å². The van der Waals surface area contributed by atoms with Gasteiger partial charge in [0.05, 0.1) is 6.61 Å². The number of hydrogen-bond acceptors (Lipinski definition) is 3.